The molecule has 18 heavy (non-hydrogen) atoms. The zero-order valence-corrected chi connectivity index (χ0v) is 13.3. The highest BCUT2D eigenvalue weighted by atomic mass is 79.9. The van der Waals surface area contributed by atoms with E-state index in [1.807, 2.05) is 6.92 Å². The minimum absolute atomic E-state index is 0.0750. The van der Waals surface area contributed by atoms with Crippen molar-refractivity contribution in [3.05, 3.63) is 33.3 Å². The first-order chi connectivity index (χ1) is 8.42. The van der Waals surface area contributed by atoms with Crippen LogP contribution in [0.4, 0.5) is 0 Å². The summed E-state index contributed by atoms with van der Waals surface area (Å²) in [5.41, 5.74) is 0.588. The van der Waals surface area contributed by atoms with Gasteiger partial charge in [0.1, 0.15) is 0 Å². The molecule has 1 aromatic carbocycles. The maximum absolute atomic E-state index is 12.0. The highest BCUT2D eigenvalue weighted by molar-refractivity contribution is 9.10. The Labute approximate surface area is 122 Å². The Morgan fingerprint density at radius 2 is 2.06 bits per heavy atom. The average Bonchev–Trinajstić information content (AvgIpc) is 2.27. The first-order valence-corrected chi connectivity index (χ1v) is 7.36. The Bertz CT molecular complexity index is 402. The van der Waals surface area contributed by atoms with Crippen molar-refractivity contribution in [3.8, 4) is 0 Å². The van der Waals surface area contributed by atoms with E-state index in [2.05, 4.69) is 35.1 Å². The van der Waals surface area contributed by atoms with E-state index in [0.29, 0.717) is 16.5 Å². The summed E-state index contributed by atoms with van der Waals surface area (Å²) in [5, 5.41) is 3.56. The van der Waals surface area contributed by atoms with E-state index in [9.17, 15) is 4.79 Å². The second kappa shape index (κ2) is 7.15. The minimum atomic E-state index is -0.0750. The number of carbonyl (C=O) groups excluding carboxylic acids is 1. The third-order valence-corrected chi connectivity index (χ3v) is 3.63. The number of amides is 1. The molecule has 0 bridgehead atoms. The number of carbonyl (C=O) groups is 1. The third-order valence-electron chi connectivity index (χ3n) is 2.96. The molecule has 4 heteroatoms. The van der Waals surface area contributed by atoms with E-state index in [1.54, 1.807) is 18.2 Å². The van der Waals surface area contributed by atoms with Gasteiger partial charge >= 0.3 is 0 Å². The summed E-state index contributed by atoms with van der Waals surface area (Å²) in [5.74, 6) is 0.542. The molecule has 0 radical (unpaired) electrons. The van der Waals surface area contributed by atoms with Crippen LogP contribution in [0.5, 0.6) is 0 Å². The van der Waals surface area contributed by atoms with Crippen LogP contribution in [0.1, 0.15) is 44.0 Å². The quantitative estimate of drug-likeness (QED) is 0.835. The third kappa shape index (κ3) is 4.99. The van der Waals surface area contributed by atoms with E-state index < -0.39 is 0 Å². The normalized spacial score (nSPS) is 14.1. The summed E-state index contributed by atoms with van der Waals surface area (Å²) in [4.78, 5) is 12.0. The molecule has 1 rings (SSSR count). The van der Waals surface area contributed by atoms with E-state index >= 15 is 0 Å². The molecule has 100 valence electrons. The zero-order chi connectivity index (χ0) is 13.7. The van der Waals surface area contributed by atoms with Crippen molar-refractivity contribution in [1.82, 2.24) is 5.32 Å². The van der Waals surface area contributed by atoms with Crippen LogP contribution in [0.15, 0.2) is 22.7 Å². The lowest BCUT2D eigenvalue weighted by atomic mass is 10.0. The van der Waals surface area contributed by atoms with E-state index in [1.165, 1.54) is 0 Å². The number of hydrogen-bond donors (Lipinski definition) is 1. The monoisotopic (exact) mass is 331 g/mol. The summed E-state index contributed by atoms with van der Waals surface area (Å²) in [6.45, 7) is 6.38. The van der Waals surface area contributed by atoms with Crippen LogP contribution in [-0.4, -0.2) is 11.9 Å². The molecule has 0 aliphatic heterocycles. The second-order valence-electron chi connectivity index (χ2n) is 4.78. The summed E-state index contributed by atoms with van der Waals surface area (Å²) < 4.78 is 0.815. The van der Waals surface area contributed by atoms with Crippen molar-refractivity contribution in [2.24, 2.45) is 5.92 Å². The summed E-state index contributed by atoms with van der Waals surface area (Å²) >= 11 is 9.26. The van der Waals surface area contributed by atoms with Crippen molar-refractivity contribution >= 4 is 33.4 Å². The fraction of sp³-hybridized carbons (Fsp3) is 0.500. The molecule has 0 heterocycles. The lowest BCUT2D eigenvalue weighted by molar-refractivity contribution is 0.0935. The van der Waals surface area contributed by atoms with Crippen molar-refractivity contribution in [2.75, 3.05) is 0 Å². The predicted octanol–water partition coefficient (Wildman–Crippen LogP) is 4.66. The Hall–Kier alpha value is -0.540. The van der Waals surface area contributed by atoms with Gasteiger partial charge in [0, 0.05) is 21.1 Å². The molecule has 0 fully saturated rings. The maximum Gasteiger partial charge on any atom is 0.251 e. The smallest absolute Gasteiger partial charge is 0.251 e. The number of rotatable bonds is 5. The Morgan fingerprint density at radius 3 is 2.61 bits per heavy atom. The summed E-state index contributed by atoms with van der Waals surface area (Å²) in [6.07, 6.45) is 2.12. The van der Waals surface area contributed by atoms with Crippen LogP contribution in [0.2, 0.25) is 5.02 Å². The van der Waals surface area contributed by atoms with E-state index in [0.717, 1.165) is 17.3 Å². The number of nitrogens with one attached hydrogen (secondary N) is 1. The van der Waals surface area contributed by atoms with Crippen LogP contribution < -0.4 is 5.32 Å². The number of hydrogen-bond acceptors (Lipinski definition) is 1. The van der Waals surface area contributed by atoms with E-state index in [-0.39, 0.29) is 11.9 Å². The van der Waals surface area contributed by atoms with Crippen LogP contribution in [0, 0.1) is 5.92 Å². The van der Waals surface area contributed by atoms with Gasteiger partial charge in [-0.2, -0.15) is 0 Å². The lowest BCUT2D eigenvalue weighted by Crippen LogP contribution is -2.33. The molecule has 1 aromatic rings. The molecule has 0 saturated carbocycles. The molecular weight excluding hydrogens is 314 g/mol. The molecule has 0 saturated heterocycles. The standard InChI is InChI=1S/C14H19BrClNO/c1-4-9(2)5-10(3)17-14(18)11-6-12(15)8-13(16)7-11/h6-10H,4-5H2,1-3H3,(H,17,18). The molecule has 2 unspecified atom stereocenters. The molecular formula is C14H19BrClNO. The van der Waals surface area contributed by atoms with Crippen LogP contribution in [0.3, 0.4) is 0 Å². The van der Waals surface area contributed by atoms with Crippen LogP contribution in [0.25, 0.3) is 0 Å². The Balaban J connectivity index is 2.64. The predicted molar refractivity (Wildman–Crippen MR) is 80.2 cm³/mol. The van der Waals surface area contributed by atoms with Crippen molar-refractivity contribution in [1.29, 1.82) is 0 Å². The molecule has 0 aromatic heterocycles. The van der Waals surface area contributed by atoms with Crippen LogP contribution in [-0.2, 0) is 0 Å². The molecule has 0 spiro atoms. The van der Waals surface area contributed by atoms with Gasteiger partial charge in [0.05, 0.1) is 0 Å². The minimum Gasteiger partial charge on any atom is -0.350 e. The van der Waals surface area contributed by atoms with Gasteiger partial charge in [0.15, 0.2) is 0 Å². The fourth-order valence-corrected chi connectivity index (χ4v) is 2.68. The van der Waals surface area contributed by atoms with Crippen molar-refractivity contribution in [2.45, 2.75) is 39.7 Å². The molecule has 2 atom stereocenters. The second-order valence-corrected chi connectivity index (χ2v) is 6.13. The zero-order valence-electron chi connectivity index (χ0n) is 11.0. The molecule has 1 N–H and O–H groups in total. The van der Waals surface area contributed by atoms with Gasteiger partial charge in [-0.1, -0.05) is 47.8 Å². The molecule has 0 aliphatic carbocycles. The summed E-state index contributed by atoms with van der Waals surface area (Å²) in [7, 11) is 0. The number of halogens is 2. The van der Waals surface area contributed by atoms with Crippen LogP contribution >= 0.6 is 27.5 Å². The largest absolute Gasteiger partial charge is 0.350 e. The van der Waals surface area contributed by atoms with Gasteiger partial charge in [-0.15, -0.1) is 0 Å². The topological polar surface area (TPSA) is 29.1 Å². The molecule has 1 amide bonds. The fourth-order valence-electron chi connectivity index (χ4n) is 1.82. The molecule has 0 aliphatic rings. The van der Waals surface area contributed by atoms with Gasteiger partial charge in [-0.25, -0.2) is 0 Å². The average molecular weight is 333 g/mol. The molecule has 2 nitrogen and oxygen atoms in total. The van der Waals surface area contributed by atoms with Gasteiger partial charge < -0.3 is 5.32 Å². The Morgan fingerprint density at radius 1 is 1.39 bits per heavy atom. The highest BCUT2D eigenvalue weighted by Crippen LogP contribution is 2.20. The number of benzene rings is 1. The highest BCUT2D eigenvalue weighted by Gasteiger charge is 2.13. The SMILES string of the molecule is CCC(C)CC(C)NC(=O)c1cc(Cl)cc(Br)c1. The van der Waals surface area contributed by atoms with Gasteiger partial charge in [0.25, 0.3) is 5.91 Å². The van der Waals surface area contributed by atoms with Crippen molar-refractivity contribution in [3.63, 3.8) is 0 Å². The maximum atomic E-state index is 12.0. The lowest BCUT2D eigenvalue weighted by Gasteiger charge is -2.17. The van der Waals surface area contributed by atoms with E-state index in [4.69, 9.17) is 11.6 Å². The summed E-state index contributed by atoms with van der Waals surface area (Å²) in [6, 6.07) is 5.39. The first kappa shape index (κ1) is 15.5. The van der Waals surface area contributed by atoms with Crippen molar-refractivity contribution < 1.29 is 4.79 Å². The van der Waals surface area contributed by atoms with Gasteiger partial charge in [0.2, 0.25) is 0 Å². The van der Waals surface area contributed by atoms with Gasteiger partial charge in [-0.05, 0) is 37.5 Å². The first-order valence-electron chi connectivity index (χ1n) is 6.19. The Kier molecular flexibility index (Phi) is 6.16. The van der Waals surface area contributed by atoms with Gasteiger partial charge in [-0.3, -0.25) is 4.79 Å².